The minimum atomic E-state index is -0.489. The summed E-state index contributed by atoms with van der Waals surface area (Å²) in [6.07, 6.45) is 8.34. The van der Waals surface area contributed by atoms with Crippen LogP contribution in [0, 0.1) is 0 Å². The van der Waals surface area contributed by atoms with Crippen LogP contribution in [-0.4, -0.2) is 11.6 Å². The molecule has 0 heterocycles. The average molecular weight is 212 g/mol. The molecule has 0 aliphatic rings. The third-order valence-corrected chi connectivity index (χ3v) is 1.74. The molecule has 0 saturated carbocycles. The number of rotatable bonds is 6. The molecule has 0 radical (unpaired) electrons. The first-order valence-corrected chi connectivity index (χ1v) is 5.21. The molecular weight excluding hydrogens is 192 g/mol. The lowest BCUT2D eigenvalue weighted by Gasteiger charge is -2.21. The molecule has 0 aromatic rings. The summed E-state index contributed by atoms with van der Waals surface area (Å²) in [5, 5.41) is 0. The largest absolute Gasteiger partial charge is 0.365 e. The van der Waals surface area contributed by atoms with E-state index < -0.39 is 11.6 Å². The Morgan fingerprint density at radius 1 is 1.33 bits per heavy atom. The number of hydrogen-bond acceptors (Lipinski definition) is 3. The standard InChI is InChI=1S/C12H20O3/c1-5-7-8-9-11(13)14-15-12(3,4)10-6-2/h5,7-9H,6,10H2,1-4H3. The summed E-state index contributed by atoms with van der Waals surface area (Å²) in [7, 11) is 0. The molecule has 15 heavy (non-hydrogen) atoms. The highest BCUT2D eigenvalue weighted by molar-refractivity contribution is 5.81. The molecule has 3 nitrogen and oxygen atoms in total. The van der Waals surface area contributed by atoms with Gasteiger partial charge >= 0.3 is 5.97 Å². The van der Waals surface area contributed by atoms with Gasteiger partial charge in [-0.2, -0.15) is 4.89 Å². The Kier molecular flexibility index (Phi) is 6.71. The van der Waals surface area contributed by atoms with Crippen LogP contribution < -0.4 is 0 Å². The van der Waals surface area contributed by atoms with Crippen molar-refractivity contribution in [1.29, 1.82) is 0 Å². The Morgan fingerprint density at radius 2 is 2.00 bits per heavy atom. The van der Waals surface area contributed by atoms with E-state index in [1.807, 2.05) is 26.8 Å². The van der Waals surface area contributed by atoms with Crippen molar-refractivity contribution < 1.29 is 14.6 Å². The van der Waals surface area contributed by atoms with Crippen molar-refractivity contribution in [1.82, 2.24) is 0 Å². The van der Waals surface area contributed by atoms with Crippen LogP contribution in [0.5, 0.6) is 0 Å². The third-order valence-electron chi connectivity index (χ3n) is 1.74. The zero-order chi connectivity index (χ0) is 11.7. The quantitative estimate of drug-likeness (QED) is 0.293. The molecule has 0 aromatic carbocycles. The van der Waals surface area contributed by atoms with Crippen molar-refractivity contribution in [2.75, 3.05) is 0 Å². The molecule has 0 aromatic heterocycles. The predicted octanol–water partition coefficient (Wildman–Crippen LogP) is 3.17. The van der Waals surface area contributed by atoms with Gasteiger partial charge in [-0.3, -0.25) is 4.89 Å². The van der Waals surface area contributed by atoms with Crippen LogP contribution in [0.25, 0.3) is 0 Å². The molecule has 0 spiro atoms. The molecule has 0 saturated heterocycles. The lowest BCUT2D eigenvalue weighted by atomic mass is 10.0. The molecule has 0 N–H and O–H groups in total. The van der Waals surface area contributed by atoms with E-state index in [9.17, 15) is 4.79 Å². The molecule has 0 unspecified atom stereocenters. The van der Waals surface area contributed by atoms with Crippen LogP contribution in [0.4, 0.5) is 0 Å². The molecular formula is C12H20O3. The molecule has 0 aliphatic heterocycles. The number of carbonyl (C=O) groups excluding carboxylic acids is 1. The van der Waals surface area contributed by atoms with Gasteiger partial charge in [-0.05, 0) is 27.2 Å². The highest BCUT2D eigenvalue weighted by Crippen LogP contribution is 2.16. The van der Waals surface area contributed by atoms with E-state index >= 15 is 0 Å². The van der Waals surface area contributed by atoms with Gasteiger partial charge in [0.1, 0.15) is 5.60 Å². The van der Waals surface area contributed by atoms with Gasteiger partial charge in [0.25, 0.3) is 0 Å². The van der Waals surface area contributed by atoms with E-state index in [1.165, 1.54) is 6.08 Å². The van der Waals surface area contributed by atoms with Crippen LogP contribution in [0.15, 0.2) is 24.3 Å². The van der Waals surface area contributed by atoms with E-state index in [2.05, 4.69) is 11.8 Å². The maximum atomic E-state index is 11.1. The monoisotopic (exact) mass is 212 g/mol. The SMILES string of the molecule is CC=CC=CC(=O)OOC(C)(C)CCC. The van der Waals surface area contributed by atoms with Crippen LogP contribution in [0.3, 0.4) is 0 Å². The Bertz CT molecular complexity index is 239. The molecule has 0 amide bonds. The lowest BCUT2D eigenvalue weighted by molar-refractivity contribution is -0.322. The minimum absolute atomic E-state index is 0.418. The normalized spacial score (nSPS) is 12.5. The number of allylic oxidation sites excluding steroid dienone is 3. The lowest BCUT2D eigenvalue weighted by Crippen LogP contribution is -2.25. The van der Waals surface area contributed by atoms with Crippen molar-refractivity contribution in [2.45, 2.75) is 46.1 Å². The zero-order valence-electron chi connectivity index (χ0n) is 9.95. The summed E-state index contributed by atoms with van der Waals surface area (Å²) < 4.78 is 0. The summed E-state index contributed by atoms with van der Waals surface area (Å²) in [6, 6.07) is 0. The van der Waals surface area contributed by atoms with Gasteiger partial charge in [0.05, 0.1) is 0 Å². The molecule has 86 valence electrons. The van der Waals surface area contributed by atoms with Gasteiger partial charge in [-0.25, -0.2) is 4.79 Å². The molecule has 0 rings (SSSR count). The van der Waals surface area contributed by atoms with Crippen molar-refractivity contribution in [2.24, 2.45) is 0 Å². The van der Waals surface area contributed by atoms with Crippen molar-refractivity contribution in [3.8, 4) is 0 Å². The van der Waals surface area contributed by atoms with Crippen LogP contribution >= 0.6 is 0 Å². The van der Waals surface area contributed by atoms with E-state index in [0.29, 0.717) is 0 Å². The van der Waals surface area contributed by atoms with Gasteiger partial charge in [-0.15, -0.1) is 0 Å². The fourth-order valence-electron chi connectivity index (χ4n) is 1.07. The third kappa shape index (κ3) is 7.94. The smallest absolute Gasteiger partial charge is 0.293 e. The highest BCUT2D eigenvalue weighted by Gasteiger charge is 2.20. The van der Waals surface area contributed by atoms with Gasteiger partial charge in [0.15, 0.2) is 0 Å². The van der Waals surface area contributed by atoms with E-state index in [0.717, 1.165) is 12.8 Å². The first kappa shape index (κ1) is 13.9. The first-order chi connectivity index (χ1) is 7.02. The fourth-order valence-corrected chi connectivity index (χ4v) is 1.07. The van der Waals surface area contributed by atoms with Gasteiger partial charge in [0.2, 0.25) is 0 Å². The van der Waals surface area contributed by atoms with Crippen LogP contribution in [0.2, 0.25) is 0 Å². The fraction of sp³-hybridized carbons (Fsp3) is 0.583. The van der Waals surface area contributed by atoms with Crippen LogP contribution in [0.1, 0.15) is 40.5 Å². The Morgan fingerprint density at radius 3 is 2.53 bits per heavy atom. The summed E-state index contributed by atoms with van der Waals surface area (Å²) in [4.78, 5) is 20.8. The molecule has 3 heteroatoms. The summed E-state index contributed by atoms with van der Waals surface area (Å²) >= 11 is 0. The molecule has 0 atom stereocenters. The van der Waals surface area contributed by atoms with E-state index in [4.69, 9.17) is 4.89 Å². The average Bonchev–Trinajstić information content (AvgIpc) is 2.15. The number of hydrogen-bond donors (Lipinski definition) is 0. The van der Waals surface area contributed by atoms with Gasteiger partial charge in [-0.1, -0.05) is 31.6 Å². The topological polar surface area (TPSA) is 35.5 Å². The minimum Gasteiger partial charge on any atom is -0.293 e. The molecule has 0 aliphatic carbocycles. The van der Waals surface area contributed by atoms with E-state index in [1.54, 1.807) is 12.2 Å². The maximum absolute atomic E-state index is 11.1. The predicted molar refractivity (Wildman–Crippen MR) is 60.1 cm³/mol. The Hall–Kier alpha value is -1.09. The second-order valence-corrected chi connectivity index (χ2v) is 3.88. The Balaban J connectivity index is 3.89. The van der Waals surface area contributed by atoms with Crippen molar-refractivity contribution in [3.05, 3.63) is 24.3 Å². The summed E-state index contributed by atoms with van der Waals surface area (Å²) in [5.74, 6) is -0.489. The summed E-state index contributed by atoms with van der Waals surface area (Å²) in [5.41, 5.74) is -0.418. The zero-order valence-corrected chi connectivity index (χ0v) is 9.95. The van der Waals surface area contributed by atoms with Crippen molar-refractivity contribution >= 4 is 5.97 Å². The Labute approximate surface area is 91.7 Å². The highest BCUT2D eigenvalue weighted by atomic mass is 17.2. The number of carbonyl (C=O) groups is 1. The van der Waals surface area contributed by atoms with Crippen molar-refractivity contribution in [3.63, 3.8) is 0 Å². The van der Waals surface area contributed by atoms with Crippen LogP contribution in [-0.2, 0) is 14.6 Å². The molecule has 0 bridgehead atoms. The second kappa shape index (κ2) is 7.23. The first-order valence-electron chi connectivity index (χ1n) is 5.21. The summed E-state index contributed by atoms with van der Waals surface area (Å²) in [6.45, 7) is 7.70. The maximum Gasteiger partial charge on any atom is 0.365 e. The van der Waals surface area contributed by atoms with E-state index in [-0.39, 0.29) is 0 Å². The van der Waals surface area contributed by atoms with Gasteiger partial charge < -0.3 is 0 Å². The second-order valence-electron chi connectivity index (χ2n) is 3.88. The molecule has 0 fully saturated rings. The van der Waals surface area contributed by atoms with Gasteiger partial charge in [0, 0.05) is 6.08 Å².